The molecule has 0 saturated heterocycles. The van der Waals surface area contributed by atoms with Gasteiger partial charge in [-0.15, -0.1) is 0 Å². The van der Waals surface area contributed by atoms with Crippen LogP contribution in [-0.4, -0.2) is 31.6 Å². The predicted molar refractivity (Wildman–Crippen MR) is 99.4 cm³/mol. The third-order valence-electron chi connectivity index (χ3n) is 3.42. The summed E-state index contributed by atoms with van der Waals surface area (Å²) < 4.78 is 15.1. The van der Waals surface area contributed by atoms with E-state index in [1.54, 1.807) is 18.2 Å². The zero-order chi connectivity index (χ0) is 20.0. The number of rotatable bonds is 6. The third-order valence-corrected chi connectivity index (χ3v) is 3.65. The van der Waals surface area contributed by atoms with Crippen LogP contribution in [0.25, 0.3) is 0 Å². The first kappa shape index (κ1) is 20.3. The molecule has 0 bridgehead atoms. The summed E-state index contributed by atoms with van der Waals surface area (Å²) in [4.78, 5) is 35.1. The molecule has 2 aromatic carbocycles. The van der Waals surface area contributed by atoms with Crippen LogP contribution < -0.4 is 14.8 Å². The second kappa shape index (κ2) is 9.05. The van der Waals surface area contributed by atoms with E-state index in [1.165, 1.54) is 32.2 Å². The average Bonchev–Trinajstić information content (AvgIpc) is 2.61. The molecule has 8 heteroatoms. The van der Waals surface area contributed by atoms with Crippen molar-refractivity contribution in [2.75, 3.05) is 19.0 Å². The van der Waals surface area contributed by atoms with E-state index in [0.29, 0.717) is 16.5 Å². The van der Waals surface area contributed by atoms with E-state index in [0.717, 1.165) is 5.56 Å². The van der Waals surface area contributed by atoms with Crippen LogP contribution in [0.5, 0.6) is 11.5 Å². The van der Waals surface area contributed by atoms with Crippen molar-refractivity contribution in [1.29, 1.82) is 0 Å². The highest BCUT2D eigenvalue weighted by Gasteiger charge is 2.16. The van der Waals surface area contributed by atoms with E-state index in [9.17, 15) is 14.4 Å². The molecule has 2 aromatic rings. The van der Waals surface area contributed by atoms with Crippen LogP contribution in [0.3, 0.4) is 0 Å². The lowest BCUT2D eigenvalue weighted by atomic mass is 10.1. The van der Waals surface area contributed by atoms with Gasteiger partial charge in [0.05, 0.1) is 7.11 Å². The molecule has 0 spiro atoms. The van der Waals surface area contributed by atoms with Crippen molar-refractivity contribution in [3.05, 3.63) is 52.5 Å². The molecule has 27 heavy (non-hydrogen) atoms. The van der Waals surface area contributed by atoms with Gasteiger partial charge in [0, 0.05) is 17.6 Å². The summed E-state index contributed by atoms with van der Waals surface area (Å²) in [5, 5.41) is 3.18. The van der Waals surface area contributed by atoms with E-state index in [2.05, 4.69) is 10.1 Å². The Labute approximate surface area is 161 Å². The molecule has 0 atom stereocenters. The quantitative estimate of drug-likeness (QED) is 0.599. The number of ether oxygens (including phenoxy) is 3. The molecule has 0 aliphatic heterocycles. The number of hydrogen-bond acceptors (Lipinski definition) is 6. The molecule has 0 radical (unpaired) electrons. The van der Waals surface area contributed by atoms with E-state index in [1.807, 2.05) is 6.92 Å². The number of amides is 1. The van der Waals surface area contributed by atoms with Gasteiger partial charge in [-0.3, -0.25) is 9.59 Å². The molecule has 142 valence electrons. The second-order valence-electron chi connectivity index (χ2n) is 5.54. The molecule has 0 unspecified atom stereocenters. The minimum atomic E-state index is -0.699. The summed E-state index contributed by atoms with van der Waals surface area (Å²) in [6, 6.07) is 9.32. The number of carbonyl (C=O) groups is 3. The molecule has 0 saturated carbocycles. The fourth-order valence-corrected chi connectivity index (χ4v) is 2.46. The van der Waals surface area contributed by atoms with Crippen molar-refractivity contribution in [1.82, 2.24) is 0 Å². The number of esters is 2. The zero-order valence-electron chi connectivity index (χ0n) is 15.0. The van der Waals surface area contributed by atoms with Crippen molar-refractivity contribution in [2.45, 2.75) is 13.8 Å². The maximum atomic E-state index is 12.1. The highest BCUT2D eigenvalue weighted by Crippen LogP contribution is 2.25. The SMILES string of the molecule is COC(=O)c1cc(NC(=O)COc2ccc(Cl)cc2C)ccc1OC(C)=O. The van der Waals surface area contributed by atoms with Crippen molar-refractivity contribution < 1.29 is 28.6 Å². The Morgan fingerprint density at radius 2 is 1.78 bits per heavy atom. The number of nitrogens with one attached hydrogen (secondary N) is 1. The van der Waals surface area contributed by atoms with Crippen LogP contribution >= 0.6 is 11.6 Å². The summed E-state index contributed by atoms with van der Waals surface area (Å²) in [7, 11) is 1.20. The fraction of sp³-hybridized carbons (Fsp3) is 0.211. The van der Waals surface area contributed by atoms with Gasteiger partial charge in [-0.25, -0.2) is 4.79 Å². The van der Waals surface area contributed by atoms with E-state index in [-0.39, 0.29) is 17.9 Å². The molecular weight excluding hydrogens is 374 g/mol. The lowest BCUT2D eigenvalue weighted by Crippen LogP contribution is -2.20. The highest BCUT2D eigenvalue weighted by atomic mass is 35.5. The Hall–Kier alpha value is -3.06. The minimum Gasteiger partial charge on any atom is -0.483 e. The Balaban J connectivity index is 2.08. The van der Waals surface area contributed by atoms with Gasteiger partial charge < -0.3 is 19.5 Å². The van der Waals surface area contributed by atoms with Crippen molar-refractivity contribution in [3.8, 4) is 11.5 Å². The van der Waals surface area contributed by atoms with E-state index < -0.39 is 17.8 Å². The Kier molecular flexibility index (Phi) is 6.79. The second-order valence-corrected chi connectivity index (χ2v) is 5.98. The zero-order valence-corrected chi connectivity index (χ0v) is 15.8. The van der Waals surface area contributed by atoms with Crippen molar-refractivity contribution in [2.24, 2.45) is 0 Å². The van der Waals surface area contributed by atoms with Gasteiger partial charge in [-0.05, 0) is 48.9 Å². The van der Waals surface area contributed by atoms with Gasteiger partial charge in [0.1, 0.15) is 17.1 Å². The third kappa shape index (κ3) is 5.72. The van der Waals surface area contributed by atoms with Crippen LogP contribution in [0.15, 0.2) is 36.4 Å². The largest absolute Gasteiger partial charge is 0.483 e. The van der Waals surface area contributed by atoms with Crippen molar-refractivity contribution >= 4 is 35.1 Å². The van der Waals surface area contributed by atoms with Gasteiger partial charge in [0.25, 0.3) is 5.91 Å². The molecule has 0 aliphatic rings. The van der Waals surface area contributed by atoms with Crippen LogP contribution in [-0.2, 0) is 14.3 Å². The molecular formula is C19H18ClNO6. The minimum absolute atomic E-state index is 0.0139. The molecule has 1 amide bonds. The summed E-state index contributed by atoms with van der Waals surface area (Å²) in [5.41, 5.74) is 1.14. The average molecular weight is 392 g/mol. The number of anilines is 1. The molecule has 0 aromatic heterocycles. The molecule has 1 N–H and O–H groups in total. The number of benzene rings is 2. The van der Waals surface area contributed by atoms with Crippen molar-refractivity contribution in [3.63, 3.8) is 0 Å². The van der Waals surface area contributed by atoms with E-state index >= 15 is 0 Å². The maximum absolute atomic E-state index is 12.1. The van der Waals surface area contributed by atoms with E-state index in [4.69, 9.17) is 21.1 Å². The number of aryl methyl sites for hydroxylation is 1. The van der Waals surface area contributed by atoms with Gasteiger partial charge in [-0.1, -0.05) is 11.6 Å². The summed E-state index contributed by atoms with van der Waals surface area (Å²) >= 11 is 5.88. The normalized spacial score (nSPS) is 10.1. The summed E-state index contributed by atoms with van der Waals surface area (Å²) in [6.45, 7) is 2.80. The molecule has 0 aliphatic carbocycles. The first-order chi connectivity index (χ1) is 12.8. The summed E-state index contributed by atoms with van der Waals surface area (Å²) in [6.07, 6.45) is 0. The lowest BCUT2D eigenvalue weighted by Gasteiger charge is -2.12. The molecule has 2 rings (SSSR count). The number of methoxy groups -OCH3 is 1. The summed E-state index contributed by atoms with van der Waals surface area (Å²) in [5.74, 6) is -1.13. The Morgan fingerprint density at radius 1 is 1.07 bits per heavy atom. The van der Waals surface area contributed by atoms with Gasteiger partial charge >= 0.3 is 11.9 Å². The first-order valence-electron chi connectivity index (χ1n) is 7.89. The fourth-order valence-electron chi connectivity index (χ4n) is 2.24. The standard InChI is InChI=1S/C19H18ClNO6/c1-11-8-13(20)4-6-16(11)26-10-18(23)21-14-5-7-17(27-12(2)22)15(9-14)19(24)25-3/h4-9H,10H2,1-3H3,(H,21,23). The van der Waals surface area contributed by atoms with Gasteiger partial charge in [-0.2, -0.15) is 0 Å². The van der Waals surface area contributed by atoms with Crippen LogP contribution in [0.2, 0.25) is 5.02 Å². The maximum Gasteiger partial charge on any atom is 0.341 e. The molecule has 0 heterocycles. The number of hydrogen-bond donors (Lipinski definition) is 1. The topological polar surface area (TPSA) is 90.9 Å². The van der Waals surface area contributed by atoms with Gasteiger partial charge in [0.15, 0.2) is 6.61 Å². The van der Waals surface area contributed by atoms with Crippen LogP contribution in [0.4, 0.5) is 5.69 Å². The molecule has 7 nitrogen and oxygen atoms in total. The first-order valence-corrected chi connectivity index (χ1v) is 8.27. The number of halogens is 1. The molecule has 0 fully saturated rings. The Bertz CT molecular complexity index is 880. The Morgan fingerprint density at radius 3 is 2.41 bits per heavy atom. The van der Waals surface area contributed by atoms with Gasteiger partial charge in [0.2, 0.25) is 0 Å². The van der Waals surface area contributed by atoms with Crippen LogP contribution in [0.1, 0.15) is 22.8 Å². The van der Waals surface area contributed by atoms with Crippen LogP contribution in [0, 0.1) is 6.92 Å². The number of carbonyl (C=O) groups excluding carboxylic acids is 3. The predicted octanol–water partition coefficient (Wildman–Crippen LogP) is 3.38. The lowest BCUT2D eigenvalue weighted by molar-refractivity contribution is -0.131. The highest BCUT2D eigenvalue weighted by molar-refractivity contribution is 6.30. The smallest absolute Gasteiger partial charge is 0.341 e. The monoisotopic (exact) mass is 391 g/mol.